The monoisotopic (exact) mass is 517 g/mol. The average molecular weight is 518 g/mol. The Balaban J connectivity index is 1.32. The van der Waals surface area contributed by atoms with Gasteiger partial charge < -0.3 is 4.74 Å². The molecule has 188 valence electrons. The number of carbonyl (C=O) groups is 3. The van der Waals surface area contributed by atoms with E-state index in [1.165, 1.54) is 4.90 Å². The molecular formula is C27H23N3O6S. The molecule has 0 spiro atoms. The largest absolute Gasteiger partial charge is 0.487 e. The second-order valence-corrected chi connectivity index (χ2v) is 10.1. The van der Waals surface area contributed by atoms with E-state index in [-0.39, 0.29) is 37.2 Å². The lowest BCUT2D eigenvalue weighted by Crippen LogP contribution is -2.30. The van der Waals surface area contributed by atoms with Crippen molar-refractivity contribution in [2.24, 2.45) is 0 Å². The van der Waals surface area contributed by atoms with Gasteiger partial charge in [0, 0.05) is 6.54 Å². The number of benzene rings is 3. The average Bonchev–Trinajstić information content (AvgIpc) is 3.31. The van der Waals surface area contributed by atoms with Gasteiger partial charge in [0.15, 0.2) is 0 Å². The van der Waals surface area contributed by atoms with Gasteiger partial charge in [0.05, 0.1) is 16.8 Å². The summed E-state index contributed by atoms with van der Waals surface area (Å²) in [6, 6.07) is 21.2. The zero-order valence-corrected chi connectivity index (χ0v) is 20.5. The number of hydrogen-bond donors (Lipinski definition) is 1. The Morgan fingerprint density at radius 1 is 0.892 bits per heavy atom. The third kappa shape index (κ3) is 4.96. The minimum atomic E-state index is -4.00. The normalized spacial score (nSPS) is 16.4. The Kier molecular flexibility index (Phi) is 6.49. The molecule has 2 heterocycles. The molecule has 0 radical (unpaired) electrons. The topological polar surface area (TPSA) is 113 Å². The second kappa shape index (κ2) is 9.90. The standard InChI is InChI=1S/C27H23N3O6S/c31-25-17-30(37(34,35)28-25)23-14-13-19(16-24(23)36-18-20-9-2-1-3-10-20)8-6-7-15-29-26(32)21-11-4-5-12-22(21)27(29)33/h1-6,8-14,16H,7,15,17-18H2,(H,28,31). The van der Waals surface area contributed by atoms with Crippen molar-refractivity contribution in [3.8, 4) is 5.75 Å². The Morgan fingerprint density at radius 2 is 1.57 bits per heavy atom. The van der Waals surface area contributed by atoms with E-state index in [2.05, 4.69) is 0 Å². The van der Waals surface area contributed by atoms with Crippen molar-refractivity contribution in [2.75, 3.05) is 17.4 Å². The van der Waals surface area contributed by atoms with Crippen LogP contribution in [-0.4, -0.2) is 44.1 Å². The second-order valence-electron chi connectivity index (χ2n) is 8.54. The highest BCUT2D eigenvalue weighted by molar-refractivity contribution is 7.92. The summed E-state index contributed by atoms with van der Waals surface area (Å²) in [7, 11) is -4.00. The van der Waals surface area contributed by atoms with Crippen LogP contribution in [0.15, 0.2) is 78.9 Å². The lowest BCUT2D eigenvalue weighted by Gasteiger charge is -2.19. The molecule has 0 unspecified atom stereocenters. The number of hydrogen-bond acceptors (Lipinski definition) is 6. The highest BCUT2D eigenvalue weighted by Crippen LogP contribution is 2.33. The van der Waals surface area contributed by atoms with Gasteiger partial charge in [-0.3, -0.25) is 19.3 Å². The van der Waals surface area contributed by atoms with Crippen molar-refractivity contribution in [3.63, 3.8) is 0 Å². The number of amides is 3. The molecule has 0 aromatic heterocycles. The summed E-state index contributed by atoms with van der Waals surface area (Å²) in [5, 5.41) is 0. The zero-order chi connectivity index (χ0) is 26.0. The van der Waals surface area contributed by atoms with Crippen LogP contribution in [0.1, 0.15) is 38.3 Å². The molecule has 2 aliphatic rings. The van der Waals surface area contributed by atoms with E-state index >= 15 is 0 Å². The predicted molar refractivity (Wildman–Crippen MR) is 137 cm³/mol. The van der Waals surface area contributed by atoms with Gasteiger partial charge in [-0.25, -0.2) is 9.03 Å². The Labute approximate surface area is 214 Å². The number of nitrogens with one attached hydrogen (secondary N) is 1. The van der Waals surface area contributed by atoms with E-state index in [1.807, 2.05) is 41.1 Å². The molecule has 1 fully saturated rings. The number of anilines is 1. The molecule has 5 rings (SSSR count). The first-order valence-corrected chi connectivity index (χ1v) is 13.0. The third-order valence-corrected chi connectivity index (χ3v) is 7.41. The van der Waals surface area contributed by atoms with Crippen molar-refractivity contribution in [1.29, 1.82) is 0 Å². The minimum Gasteiger partial charge on any atom is -0.487 e. The molecule has 3 aromatic rings. The van der Waals surface area contributed by atoms with Crippen LogP contribution in [0.5, 0.6) is 5.75 Å². The number of fused-ring (bicyclic) bond motifs is 1. The molecule has 10 heteroatoms. The van der Waals surface area contributed by atoms with Crippen LogP contribution in [0.25, 0.3) is 6.08 Å². The van der Waals surface area contributed by atoms with Crippen LogP contribution in [0.4, 0.5) is 5.69 Å². The quantitative estimate of drug-likeness (QED) is 0.460. The zero-order valence-electron chi connectivity index (χ0n) is 19.7. The van der Waals surface area contributed by atoms with E-state index in [1.54, 1.807) is 48.5 Å². The maximum absolute atomic E-state index is 12.5. The molecule has 2 aliphatic heterocycles. The Morgan fingerprint density at radius 3 is 2.22 bits per heavy atom. The van der Waals surface area contributed by atoms with E-state index < -0.39 is 16.1 Å². The highest BCUT2D eigenvalue weighted by Gasteiger charge is 2.36. The summed E-state index contributed by atoms with van der Waals surface area (Å²) in [6.07, 6.45) is 4.07. The maximum atomic E-state index is 12.5. The van der Waals surface area contributed by atoms with Crippen LogP contribution in [-0.2, 0) is 21.6 Å². The molecule has 9 nitrogen and oxygen atoms in total. The number of carbonyl (C=O) groups excluding carboxylic acids is 3. The van der Waals surface area contributed by atoms with E-state index in [0.717, 1.165) is 15.4 Å². The van der Waals surface area contributed by atoms with Crippen LogP contribution in [0.2, 0.25) is 0 Å². The number of imide groups is 1. The van der Waals surface area contributed by atoms with Crippen molar-refractivity contribution in [1.82, 2.24) is 9.62 Å². The molecule has 1 saturated heterocycles. The number of rotatable bonds is 8. The summed E-state index contributed by atoms with van der Waals surface area (Å²) >= 11 is 0. The highest BCUT2D eigenvalue weighted by atomic mass is 32.2. The number of ether oxygens (including phenoxy) is 1. The van der Waals surface area contributed by atoms with Gasteiger partial charge in [0.2, 0.25) is 0 Å². The fourth-order valence-corrected chi connectivity index (χ4v) is 5.38. The van der Waals surface area contributed by atoms with Gasteiger partial charge in [-0.05, 0) is 41.8 Å². The Hall–Kier alpha value is -4.44. The smallest absolute Gasteiger partial charge is 0.326 e. The third-order valence-electron chi connectivity index (χ3n) is 6.02. The fourth-order valence-electron chi connectivity index (χ4n) is 4.22. The SMILES string of the molecule is O=C1CN(c2ccc(C=CCCN3C(=O)c4ccccc4C3=O)cc2OCc2ccccc2)S(=O)(=O)N1. The lowest BCUT2D eigenvalue weighted by atomic mass is 10.1. The molecule has 3 amide bonds. The molecule has 0 atom stereocenters. The van der Waals surface area contributed by atoms with Gasteiger partial charge in [-0.2, -0.15) is 8.42 Å². The van der Waals surface area contributed by atoms with Gasteiger partial charge in [0.1, 0.15) is 18.9 Å². The lowest BCUT2D eigenvalue weighted by molar-refractivity contribution is -0.117. The molecule has 0 bridgehead atoms. The predicted octanol–water partition coefficient (Wildman–Crippen LogP) is 3.15. The minimum absolute atomic E-state index is 0.204. The van der Waals surface area contributed by atoms with Crippen LogP contribution in [0.3, 0.4) is 0 Å². The fraction of sp³-hybridized carbons (Fsp3) is 0.148. The summed E-state index contributed by atoms with van der Waals surface area (Å²) in [4.78, 5) is 38.0. The van der Waals surface area contributed by atoms with Crippen LogP contribution < -0.4 is 13.8 Å². The number of nitrogens with zero attached hydrogens (tertiary/aromatic N) is 2. The Bertz CT molecular complexity index is 1480. The molecule has 0 saturated carbocycles. The molecular weight excluding hydrogens is 494 g/mol. The summed E-state index contributed by atoms with van der Waals surface area (Å²) < 4.78 is 33.8. The van der Waals surface area contributed by atoms with Crippen molar-refractivity contribution in [2.45, 2.75) is 13.0 Å². The molecule has 3 aromatic carbocycles. The maximum Gasteiger partial charge on any atom is 0.326 e. The molecule has 0 aliphatic carbocycles. The summed E-state index contributed by atoms with van der Waals surface area (Å²) in [6.45, 7) is 0.105. The van der Waals surface area contributed by atoms with Gasteiger partial charge in [0.25, 0.3) is 17.7 Å². The van der Waals surface area contributed by atoms with Gasteiger partial charge in [-0.15, -0.1) is 0 Å². The molecule has 37 heavy (non-hydrogen) atoms. The van der Waals surface area contributed by atoms with E-state index in [4.69, 9.17) is 4.74 Å². The van der Waals surface area contributed by atoms with Gasteiger partial charge in [-0.1, -0.05) is 60.7 Å². The van der Waals surface area contributed by atoms with Gasteiger partial charge >= 0.3 is 10.2 Å². The summed E-state index contributed by atoms with van der Waals surface area (Å²) in [5.74, 6) is -0.924. The van der Waals surface area contributed by atoms with Crippen LogP contribution >= 0.6 is 0 Å². The van der Waals surface area contributed by atoms with Crippen LogP contribution in [0, 0.1) is 0 Å². The van der Waals surface area contributed by atoms with Crippen molar-refractivity contribution < 1.29 is 27.5 Å². The molecule has 1 N–H and O–H groups in total. The first-order valence-electron chi connectivity index (χ1n) is 11.6. The summed E-state index contributed by atoms with van der Waals surface area (Å²) in [5.41, 5.74) is 2.70. The van der Waals surface area contributed by atoms with Crippen molar-refractivity contribution in [3.05, 3.63) is 101 Å². The van der Waals surface area contributed by atoms with Crippen molar-refractivity contribution >= 4 is 39.7 Å². The van der Waals surface area contributed by atoms with E-state index in [9.17, 15) is 22.8 Å². The van der Waals surface area contributed by atoms with E-state index in [0.29, 0.717) is 23.3 Å². The first-order chi connectivity index (χ1) is 17.8. The first kappa shape index (κ1) is 24.3.